The van der Waals surface area contributed by atoms with Gasteiger partial charge in [-0.1, -0.05) is 12.1 Å². The minimum atomic E-state index is -4.56. The lowest BCUT2D eigenvalue weighted by Gasteiger charge is -2.10. The van der Waals surface area contributed by atoms with Gasteiger partial charge in [-0.3, -0.25) is 4.79 Å². The number of hydrogen-bond acceptors (Lipinski definition) is 8. The molecule has 0 saturated carbocycles. The first kappa shape index (κ1) is 28.4. The molecule has 3 aromatic heterocycles. The molecular weight excluding hydrogens is 553 g/mol. The van der Waals surface area contributed by atoms with Crippen LogP contribution in [-0.4, -0.2) is 51.0 Å². The van der Waals surface area contributed by atoms with Crippen LogP contribution in [0.3, 0.4) is 0 Å². The molecule has 0 spiro atoms. The van der Waals surface area contributed by atoms with E-state index in [1.165, 1.54) is 12.1 Å². The van der Waals surface area contributed by atoms with Crippen molar-refractivity contribution in [2.45, 2.75) is 12.7 Å². The summed E-state index contributed by atoms with van der Waals surface area (Å²) >= 11 is 0. The Morgan fingerprint density at radius 1 is 0.976 bits per heavy atom. The first-order valence-corrected chi connectivity index (χ1v) is 12.7. The summed E-state index contributed by atoms with van der Waals surface area (Å²) < 4.78 is 52.0. The smallest absolute Gasteiger partial charge is 0.416 e. The molecule has 0 bridgehead atoms. The molecule has 0 radical (unpaired) electrons. The molecule has 216 valence electrons. The Balaban J connectivity index is 1.37. The average molecular weight is 579 g/mol. The van der Waals surface area contributed by atoms with Crippen molar-refractivity contribution in [2.75, 3.05) is 30.9 Å². The Morgan fingerprint density at radius 2 is 1.69 bits per heavy atom. The molecule has 13 heteroatoms. The summed E-state index contributed by atoms with van der Waals surface area (Å²) in [6.07, 6.45) is -1.99. The van der Waals surface area contributed by atoms with Gasteiger partial charge in [0.25, 0.3) is 5.91 Å². The monoisotopic (exact) mass is 578 g/mol. The number of methoxy groups -OCH3 is 1. The Morgan fingerprint density at radius 3 is 2.38 bits per heavy atom. The highest BCUT2D eigenvalue weighted by Crippen LogP contribution is 2.35. The molecule has 5 aromatic rings. The lowest BCUT2D eigenvalue weighted by atomic mass is 10.2. The molecule has 2 aromatic carbocycles. The van der Waals surface area contributed by atoms with E-state index < -0.39 is 17.6 Å². The van der Waals surface area contributed by atoms with E-state index in [0.29, 0.717) is 34.9 Å². The highest BCUT2D eigenvalue weighted by molar-refractivity contribution is 6.03. The Kier molecular flexibility index (Phi) is 8.20. The number of aliphatic hydroxyl groups excluding tert-OH is 1. The summed E-state index contributed by atoms with van der Waals surface area (Å²) in [5.74, 6) is 1.19. The highest BCUT2D eigenvalue weighted by Gasteiger charge is 2.31. The number of carbonyl (C=O) groups excluding carboxylic acids is 1. The fourth-order valence-corrected chi connectivity index (χ4v) is 4.13. The van der Waals surface area contributed by atoms with Crippen LogP contribution < -0.4 is 20.1 Å². The number of amides is 1. The Labute approximate surface area is 237 Å². The summed E-state index contributed by atoms with van der Waals surface area (Å²) in [7, 11) is 1.60. The summed E-state index contributed by atoms with van der Waals surface area (Å²) in [6.45, 7) is 0.568. The summed E-state index contributed by atoms with van der Waals surface area (Å²) in [5.41, 5.74) is 0.795. The number of nitrogens with one attached hydrogen (secondary N) is 2. The highest BCUT2D eigenvalue weighted by atomic mass is 19.4. The number of aromatic nitrogens is 4. The molecular formula is C29H25F3N6O4. The maximum Gasteiger partial charge on any atom is 0.416 e. The van der Waals surface area contributed by atoms with Gasteiger partial charge in [-0.05, 0) is 54.1 Å². The molecule has 0 fully saturated rings. The van der Waals surface area contributed by atoms with Gasteiger partial charge in [0.05, 0.1) is 25.8 Å². The van der Waals surface area contributed by atoms with E-state index in [4.69, 9.17) is 9.47 Å². The number of rotatable bonds is 10. The van der Waals surface area contributed by atoms with E-state index in [2.05, 4.69) is 25.7 Å². The van der Waals surface area contributed by atoms with Crippen LogP contribution in [0.5, 0.6) is 17.2 Å². The zero-order valence-electron chi connectivity index (χ0n) is 22.2. The van der Waals surface area contributed by atoms with E-state index in [-0.39, 0.29) is 24.5 Å². The molecule has 3 heterocycles. The summed E-state index contributed by atoms with van der Waals surface area (Å²) in [4.78, 5) is 20.9. The predicted molar refractivity (Wildman–Crippen MR) is 149 cm³/mol. The number of pyridine rings is 2. The van der Waals surface area contributed by atoms with Crippen molar-refractivity contribution >= 4 is 28.6 Å². The number of hydrogen-bond donors (Lipinski definition) is 3. The van der Waals surface area contributed by atoms with Crippen LogP contribution >= 0.6 is 0 Å². The second-order valence-corrected chi connectivity index (χ2v) is 9.02. The van der Waals surface area contributed by atoms with Gasteiger partial charge in [-0.25, -0.2) is 14.6 Å². The molecule has 1 amide bonds. The van der Waals surface area contributed by atoms with Gasteiger partial charge in [0, 0.05) is 30.6 Å². The molecule has 0 aliphatic heterocycles. The lowest BCUT2D eigenvalue weighted by Crippen LogP contribution is -2.14. The van der Waals surface area contributed by atoms with Crippen molar-refractivity contribution in [1.82, 2.24) is 19.7 Å². The maximum absolute atomic E-state index is 13.0. The normalized spacial score (nSPS) is 11.4. The molecule has 0 saturated heterocycles. The third kappa shape index (κ3) is 6.41. The third-order valence-electron chi connectivity index (χ3n) is 6.16. The number of anilines is 2. The second kappa shape index (κ2) is 12.1. The van der Waals surface area contributed by atoms with Crippen LogP contribution in [0.4, 0.5) is 24.8 Å². The molecule has 0 unspecified atom stereocenters. The standard InChI is InChI=1S/C29H25F3N6O4/c1-41-21-6-2-18(3-7-21)17-38-27-25(26(37-38)34-14-15-39)23(11-13-35-27)42-22-8-4-19(5-9-22)28(40)36-24-16-20(10-12-33-24)29(30,31)32/h2-13,16,39H,14-15,17H2,1H3,(H,34,37)(H,33,36,40). The van der Waals surface area contributed by atoms with Crippen LogP contribution in [0.2, 0.25) is 0 Å². The number of ether oxygens (including phenoxy) is 2. The van der Waals surface area contributed by atoms with Crippen LogP contribution in [0, 0.1) is 0 Å². The van der Waals surface area contributed by atoms with Crippen molar-refractivity contribution in [2.24, 2.45) is 0 Å². The number of alkyl halides is 3. The molecule has 0 atom stereocenters. The van der Waals surface area contributed by atoms with Crippen LogP contribution in [-0.2, 0) is 12.7 Å². The Bertz CT molecular complexity index is 1690. The first-order chi connectivity index (χ1) is 20.2. The number of aliphatic hydroxyl groups is 1. The average Bonchev–Trinajstić information content (AvgIpc) is 3.34. The van der Waals surface area contributed by atoms with Crippen molar-refractivity contribution in [3.63, 3.8) is 0 Å². The van der Waals surface area contributed by atoms with Crippen LogP contribution in [0.15, 0.2) is 79.1 Å². The summed E-state index contributed by atoms with van der Waals surface area (Å²) in [5, 5.41) is 20.1. The fraction of sp³-hybridized carbons (Fsp3) is 0.172. The van der Waals surface area contributed by atoms with Gasteiger partial charge in [0.15, 0.2) is 11.5 Å². The molecule has 0 aliphatic rings. The molecule has 42 heavy (non-hydrogen) atoms. The first-order valence-electron chi connectivity index (χ1n) is 12.7. The number of nitrogens with zero attached hydrogens (tertiary/aromatic N) is 4. The Hall–Kier alpha value is -5.17. The van der Waals surface area contributed by atoms with Gasteiger partial charge in [-0.15, -0.1) is 0 Å². The van der Waals surface area contributed by atoms with E-state index in [0.717, 1.165) is 29.6 Å². The zero-order valence-corrected chi connectivity index (χ0v) is 22.2. The van der Waals surface area contributed by atoms with Gasteiger partial charge >= 0.3 is 6.18 Å². The maximum atomic E-state index is 13.0. The van der Waals surface area contributed by atoms with Crippen molar-refractivity contribution in [1.29, 1.82) is 0 Å². The van der Waals surface area contributed by atoms with Crippen molar-refractivity contribution in [3.8, 4) is 17.2 Å². The minimum absolute atomic E-state index is 0.108. The number of benzene rings is 2. The second-order valence-electron chi connectivity index (χ2n) is 9.02. The molecule has 3 N–H and O–H groups in total. The van der Waals surface area contributed by atoms with Gasteiger partial charge < -0.3 is 25.2 Å². The number of halogens is 3. The quantitative estimate of drug-likeness (QED) is 0.203. The molecule has 5 rings (SSSR count). The van der Waals surface area contributed by atoms with Crippen LogP contribution in [0.1, 0.15) is 21.5 Å². The van der Waals surface area contributed by atoms with Crippen molar-refractivity contribution in [3.05, 3.63) is 95.8 Å². The minimum Gasteiger partial charge on any atom is -0.497 e. The van der Waals surface area contributed by atoms with Crippen molar-refractivity contribution < 1.29 is 32.5 Å². The number of carbonyl (C=O) groups is 1. The number of fused-ring (bicyclic) bond motifs is 1. The van der Waals surface area contributed by atoms with E-state index in [1.807, 2.05) is 24.3 Å². The van der Waals surface area contributed by atoms with Crippen LogP contribution in [0.25, 0.3) is 11.0 Å². The largest absolute Gasteiger partial charge is 0.497 e. The van der Waals surface area contributed by atoms with E-state index in [9.17, 15) is 23.1 Å². The predicted octanol–water partition coefficient (Wildman–Crippen LogP) is 5.35. The fourth-order valence-electron chi connectivity index (χ4n) is 4.13. The summed E-state index contributed by atoms with van der Waals surface area (Å²) in [6, 6.07) is 16.9. The van der Waals surface area contributed by atoms with Gasteiger partial charge in [0.1, 0.15) is 28.5 Å². The molecule has 10 nitrogen and oxygen atoms in total. The lowest BCUT2D eigenvalue weighted by molar-refractivity contribution is -0.137. The SMILES string of the molecule is COc1ccc(Cn2nc(NCCO)c3c(Oc4ccc(C(=O)Nc5cc(C(F)(F)F)ccn5)cc4)ccnc32)cc1. The topological polar surface area (TPSA) is 123 Å². The zero-order chi connectivity index (χ0) is 29.7. The van der Waals surface area contributed by atoms with E-state index >= 15 is 0 Å². The van der Waals surface area contributed by atoms with Gasteiger partial charge in [-0.2, -0.15) is 18.3 Å². The third-order valence-corrected chi connectivity index (χ3v) is 6.16. The van der Waals surface area contributed by atoms with Gasteiger partial charge in [0.2, 0.25) is 0 Å². The van der Waals surface area contributed by atoms with E-state index in [1.54, 1.807) is 36.2 Å². The molecule has 0 aliphatic carbocycles.